The molecule has 0 radical (unpaired) electrons. The zero-order chi connectivity index (χ0) is 15.5. The predicted octanol–water partition coefficient (Wildman–Crippen LogP) is 6.51. The third kappa shape index (κ3) is 4.10. The van der Waals surface area contributed by atoms with E-state index in [9.17, 15) is 4.39 Å². The lowest BCUT2D eigenvalue weighted by Crippen LogP contribution is -2.33. The highest BCUT2D eigenvalue weighted by Crippen LogP contribution is 2.35. The van der Waals surface area contributed by atoms with Crippen LogP contribution in [0.4, 0.5) is 4.39 Å². The molecule has 0 aliphatic heterocycles. The summed E-state index contributed by atoms with van der Waals surface area (Å²) in [5.41, 5.74) is 1.82. The fourth-order valence-electron chi connectivity index (χ4n) is 2.23. The molecule has 0 spiro atoms. The van der Waals surface area contributed by atoms with Crippen molar-refractivity contribution in [2.75, 3.05) is 10.7 Å². The molecule has 2 rings (SSSR count). The van der Waals surface area contributed by atoms with Gasteiger partial charge in [-0.2, -0.15) is 0 Å². The second-order valence-electron chi connectivity index (χ2n) is 4.97. The molecule has 0 aromatic heterocycles. The summed E-state index contributed by atoms with van der Waals surface area (Å²) in [6.07, 6.45) is 0.654. The standard InChI is InChI=1S/C16H13Br3ClF/c17-9-16(10-18,12-1-3-13(19)4-2-12)8-11-7-14(21)5-6-15(11)20/h1-7H,8-10H2. The summed E-state index contributed by atoms with van der Waals surface area (Å²) in [7, 11) is 0. The van der Waals surface area contributed by atoms with E-state index in [0.717, 1.165) is 20.7 Å². The van der Waals surface area contributed by atoms with Gasteiger partial charge in [0.2, 0.25) is 0 Å². The van der Waals surface area contributed by atoms with Crippen LogP contribution < -0.4 is 0 Å². The number of hydrogen-bond donors (Lipinski definition) is 0. The number of benzene rings is 2. The van der Waals surface area contributed by atoms with Crippen LogP contribution in [0.1, 0.15) is 11.1 Å². The summed E-state index contributed by atoms with van der Waals surface area (Å²) in [4.78, 5) is 0. The van der Waals surface area contributed by atoms with Crippen LogP contribution in [0, 0.1) is 5.82 Å². The highest BCUT2D eigenvalue weighted by molar-refractivity contribution is 9.10. The van der Waals surface area contributed by atoms with E-state index in [2.05, 4.69) is 59.9 Å². The van der Waals surface area contributed by atoms with Gasteiger partial charge in [0, 0.05) is 25.6 Å². The van der Waals surface area contributed by atoms with E-state index in [1.807, 2.05) is 12.1 Å². The summed E-state index contributed by atoms with van der Waals surface area (Å²) in [5.74, 6) is -0.261. The fraction of sp³-hybridized carbons (Fsp3) is 0.250. The maximum atomic E-state index is 13.5. The van der Waals surface area contributed by atoms with Gasteiger partial charge < -0.3 is 0 Å². The zero-order valence-electron chi connectivity index (χ0n) is 11.1. The van der Waals surface area contributed by atoms with Gasteiger partial charge in [-0.05, 0) is 47.9 Å². The van der Waals surface area contributed by atoms with Crippen LogP contribution in [-0.2, 0) is 11.8 Å². The van der Waals surface area contributed by atoms with Crippen LogP contribution in [0.25, 0.3) is 0 Å². The Morgan fingerprint density at radius 1 is 1.00 bits per heavy atom. The molecule has 0 aliphatic rings. The second kappa shape index (κ2) is 7.58. The molecule has 2 aromatic carbocycles. The average molecular weight is 499 g/mol. The lowest BCUT2D eigenvalue weighted by Gasteiger charge is -2.31. The van der Waals surface area contributed by atoms with Crippen molar-refractivity contribution in [2.24, 2.45) is 0 Å². The molecule has 0 atom stereocenters. The molecule has 0 saturated carbocycles. The van der Waals surface area contributed by atoms with E-state index in [1.165, 1.54) is 17.7 Å². The summed E-state index contributed by atoms with van der Waals surface area (Å²) in [5, 5.41) is 2.10. The Labute approximate surface area is 154 Å². The number of rotatable bonds is 5. The van der Waals surface area contributed by atoms with E-state index in [4.69, 9.17) is 11.6 Å². The fourth-order valence-corrected chi connectivity index (χ4v) is 4.65. The molecule has 0 amide bonds. The number of halogens is 5. The number of alkyl halides is 2. The van der Waals surface area contributed by atoms with Crippen LogP contribution >= 0.6 is 59.4 Å². The Kier molecular flexibility index (Phi) is 6.30. The van der Waals surface area contributed by atoms with E-state index in [-0.39, 0.29) is 11.2 Å². The van der Waals surface area contributed by atoms with E-state index < -0.39 is 0 Å². The molecular formula is C16H13Br3ClF. The maximum absolute atomic E-state index is 13.5. The van der Waals surface area contributed by atoms with Crippen LogP contribution in [0.2, 0.25) is 5.02 Å². The van der Waals surface area contributed by atoms with Crippen LogP contribution in [-0.4, -0.2) is 10.7 Å². The average Bonchev–Trinajstić information content (AvgIpc) is 2.49. The van der Waals surface area contributed by atoms with Crippen LogP contribution in [0.3, 0.4) is 0 Å². The van der Waals surface area contributed by atoms with E-state index in [1.54, 1.807) is 6.07 Å². The van der Waals surface area contributed by atoms with Crippen molar-refractivity contribution in [1.29, 1.82) is 0 Å². The Morgan fingerprint density at radius 3 is 2.19 bits per heavy atom. The van der Waals surface area contributed by atoms with Crippen molar-refractivity contribution >= 4 is 59.4 Å². The summed E-state index contributed by atoms with van der Waals surface area (Å²) in [6, 6.07) is 12.7. The molecule has 0 N–H and O–H groups in total. The highest BCUT2D eigenvalue weighted by atomic mass is 79.9. The highest BCUT2D eigenvalue weighted by Gasteiger charge is 2.31. The van der Waals surface area contributed by atoms with E-state index >= 15 is 0 Å². The van der Waals surface area contributed by atoms with Crippen molar-refractivity contribution in [1.82, 2.24) is 0 Å². The lowest BCUT2D eigenvalue weighted by molar-refractivity contribution is 0.547. The topological polar surface area (TPSA) is 0 Å². The second-order valence-corrected chi connectivity index (χ2v) is 7.41. The largest absolute Gasteiger partial charge is 0.207 e. The Bertz CT molecular complexity index is 609. The molecule has 0 unspecified atom stereocenters. The molecule has 112 valence electrons. The molecule has 0 fully saturated rings. The van der Waals surface area contributed by atoms with Gasteiger partial charge in [0.25, 0.3) is 0 Å². The Morgan fingerprint density at radius 2 is 1.62 bits per heavy atom. The van der Waals surface area contributed by atoms with E-state index in [0.29, 0.717) is 11.4 Å². The minimum Gasteiger partial charge on any atom is -0.207 e. The normalized spacial score (nSPS) is 11.7. The molecule has 0 aliphatic carbocycles. The van der Waals surface area contributed by atoms with Crippen molar-refractivity contribution in [3.63, 3.8) is 0 Å². The minimum atomic E-state index is -0.261. The van der Waals surface area contributed by atoms with Gasteiger partial charge in [0.15, 0.2) is 0 Å². The van der Waals surface area contributed by atoms with Crippen LogP contribution in [0.15, 0.2) is 46.9 Å². The Balaban J connectivity index is 2.42. The van der Waals surface area contributed by atoms with Gasteiger partial charge in [-0.3, -0.25) is 0 Å². The Hall–Kier alpha value is 0.1000. The lowest BCUT2D eigenvalue weighted by atomic mass is 9.79. The van der Waals surface area contributed by atoms with Gasteiger partial charge >= 0.3 is 0 Å². The SMILES string of the molecule is Fc1ccc(Cl)c(CC(CBr)(CBr)c2ccc(Br)cc2)c1. The first-order valence-corrected chi connectivity index (χ1v) is 9.74. The molecular weight excluding hydrogens is 486 g/mol. The first-order valence-electron chi connectivity index (χ1n) is 6.33. The summed E-state index contributed by atoms with van der Waals surface area (Å²) >= 11 is 16.9. The van der Waals surface area contributed by atoms with Gasteiger partial charge in [0.1, 0.15) is 5.82 Å². The monoisotopic (exact) mass is 496 g/mol. The van der Waals surface area contributed by atoms with Gasteiger partial charge in [-0.1, -0.05) is 71.5 Å². The van der Waals surface area contributed by atoms with Crippen molar-refractivity contribution in [2.45, 2.75) is 11.8 Å². The third-order valence-corrected chi connectivity index (χ3v) is 6.55. The molecule has 21 heavy (non-hydrogen) atoms. The molecule has 5 heteroatoms. The van der Waals surface area contributed by atoms with Gasteiger partial charge in [-0.15, -0.1) is 0 Å². The van der Waals surface area contributed by atoms with Crippen molar-refractivity contribution < 1.29 is 4.39 Å². The summed E-state index contributed by atoms with van der Waals surface area (Å²) in [6.45, 7) is 0. The van der Waals surface area contributed by atoms with Crippen LogP contribution in [0.5, 0.6) is 0 Å². The minimum absolute atomic E-state index is 0.182. The molecule has 0 bridgehead atoms. The first kappa shape index (κ1) is 17.5. The van der Waals surface area contributed by atoms with Gasteiger partial charge in [-0.25, -0.2) is 4.39 Å². The smallest absolute Gasteiger partial charge is 0.123 e. The predicted molar refractivity (Wildman–Crippen MR) is 98.5 cm³/mol. The molecule has 0 heterocycles. The maximum Gasteiger partial charge on any atom is 0.123 e. The quantitative estimate of drug-likeness (QED) is 0.412. The number of hydrogen-bond acceptors (Lipinski definition) is 0. The van der Waals surface area contributed by atoms with Gasteiger partial charge in [0.05, 0.1) is 0 Å². The zero-order valence-corrected chi connectivity index (χ0v) is 16.6. The molecule has 2 aromatic rings. The molecule has 0 saturated heterocycles. The van der Waals surface area contributed by atoms with Crippen molar-refractivity contribution in [3.8, 4) is 0 Å². The molecule has 0 nitrogen and oxygen atoms in total. The third-order valence-electron chi connectivity index (χ3n) is 3.50. The first-order chi connectivity index (χ1) is 10.0. The summed E-state index contributed by atoms with van der Waals surface area (Å²) < 4.78 is 14.5. The van der Waals surface area contributed by atoms with Crippen molar-refractivity contribution in [3.05, 3.63) is 68.9 Å².